The van der Waals surface area contributed by atoms with Gasteiger partial charge in [-0.2, -0.15) is 0 Å². The third kappa shape index (κ3) is 17.4. The van der Waals surface area contributed by atoms with Crippen molar-refractivity contribution in [3.63, 3.8) is 0 Å². The summed E-state index contributed by atoms with van der Waals surface area (Å²) in [6, 6.07) is 0. The second-order valence-corrected chi connectivity index (χ2v) is 4.12. The summed E-state index contributed by atoms with van der Waals surface area (Å²) in [6.45, 7) is 7.40. The van der Waals surface area contributed by atoms with Crippen LogP contribution in [0.5, 0.6) is 0 Å². The summed E-state index contributed by atoms with van der Waals surface area (Å²) in [5.41, 5.74) is 0. The molecular weight excluding hydrogens is 207 g/mol. The molecule has 0 heterocycles. The molecule has 0 atom stereocenters. The zero-order chi connectivity index (χ0) is 11.6. The Morgan fingerprint density at radius 3 is 2.07 bits per heavy atom. The van der Waals surface area contributed by atoms with Crippen molar-refractivity contribution in [2.24, 2.45) is 0 Å². The SMILES string of the molecule is C=COC(=O)CP(=O)(O)O.CCCC. The molecule has 0 bridgehead atoms. The highest BCUT2D eigenvalue weighted by Crippen LogP contribution is 2.33. The van der Waals surface area contributed by atoms with Gasteiger partial charge in [-0.25, -0.2) is 0 Å². The molecule has 0 saturated heterocycles. The number of hydrogen-bond donors (Lipinski definition) is 2. The zero-order valence-electron chi connectivity index (χ0n) is 8.47. The van der Waals surface area contributed by atoms with Crippen LogP contribution in [-0.4, -0.2) is 21.9 Å². The highest BCUT2D eigenvalue weighted by Gasteiger charge is 2.19. The average molecular weight is 224 g/mol. The van der Waals surface area contributed by atoms with Gasteiger partial charge in [0.2, 0.25) is 0 Å². The van der Waals surface area contributed by atoms with Crippen molar-refractivity contribution in [3.8, 4) is 0 Å². The summed E-state index contributed by atoms with van der Waals surface area (Å²) < 4.78 is 14.1. The van der Waals surface area contributed by atoms with Crippen LogP contribution in [0.1, 0.15) is 26.7 Å². The molecule has 6 heteroatoms. The first-order valence-corrected chi connectivity index (χ1v) is 6.02. The Kier molecular flexibility index (Phi) is 10.1. The van der Waals surface area contributed by atoms with E-state index in [0.29, 0.717) is 0 Å². The summed E-state index contributed by atoms with van der Waals surface area (Å²) in [6.07, 6.45) is 2.55. The monoisotopic (exact) mass is 224 g/mol. The number of carbonyl (C=O) groups excluding carboxylic acids is 1. The maximum atomic E-state index is 10.3. The maximum Gasteiger partial charge on any atom is 0.336 e. The third-order valence-corrected chi connectivity index (χ3v) is 1.72. The number of carbonyl (C=O) groups is 1. The number of hydrogen-bond acceptors (Lipinski definition) is 3. The van der Waals surface area contributed by atoms with Crippen molar-refractivity contribution in [2.45, 2.75) is 26.7 Å². The lowest BCUT2D eigenvalue weighted by molar-refractivity contribution is -0.135. The largest absolute Gasteiger partial charge is 0.435 e. The smallest absolute Gasteiger partial charge is 0.336 e. The Bertz CT molecular complexity index is 206. The molecule has 0 aliphatic rings. The van der Waals surface area contributed by atoms with Crippen molar-refractivity contribution < 1.29 is 23.9 Å². The van der Waals surface area contributed by atoms with Crippen LogP contribution in [0.25, 0.3) is 0 Å². The van der Waals surface area contributed by atoms with Crippen molar-refractivity contribution in [1.82, 2.24) is 0 Å². The van der Waals surface area contributed by atoms with E-state index in [9.17, 15) is 9.36 Å². The van der Waals surface area contributed by atoms with Crippen molar-refractivity contribution in [3.05, 3.63) is 12.8 Å². The standard InChI is InChI=1S/C4H7O5P.C4H10/c1-2-9-4(5)3-10(6,7)8;1-3-4-2/h2H,1,3H2,(H2,6,7,8);3-4H2,1-2H3. The highest BCUT2D eigenvalue weighted by atomic mass is 31.2. The molecule has 0 aliphatic carbocycles. The summed E-state index contributed by atoms with van der Waals surface area (Å²) in [5.74, 6) is -0.983. The van der Waals surface area contributed by atoms with Crippen LogP contribution in [0.4, 0.5) is 0 Å². The van der Waals surface area contributed by atoms with Crippen molar-refractivity contribution >= 4 is 13.6 Å². The van der Waals surface area contributed by atoms with Gasteiger partial charge in [-0.3, -0.25) is 9.36 Å². The van der Waals surface area contributed by atoms with E-state index in [1.165, 1.54) is 12.8 Å². The predicted molar refractivity (Wildman–Crippen MR) is 53.8 cm³/mol. The summed E-state index contributed by atoms with van der Waals surface area (Å²) in [5, 5.41) is 0. The fourth-order valence-corrected chi connectivity index (χ4v) is 0.709. The number of esters is 1. The number of unbranched alkanes of at least 4 members (excludes halogenated alkanes) is 1. The minimum absolute atomic E-state index is 0.817. The average Bonchev–Trinajstić information content (AvgIpc) is 2.02. The van der Waals surface area contributed by atoms with E-state index in [2.05, 4.69) is 25.2 Å². The van der Waals surface area contributed by atoms with E-state index in [1.807, 2.05) is 0 Å². The first-order valence-electron chi connectivity index (χ1n) is 4.22. The second-order valence-electron chi connectivity index (χ2n) is 2.48. The van der Waals surface area contributed by atoms with Gasteiger partial charge in [-0.05, 0) is 0 Å². The predicted octanol–water partition coefficient (Wildman–Crippen LogP) is 1.66. The van der Waals surface area contributed by atoms with Crippen LogP contribution in [0, 0.1) is 0 Å². The van der Waals surface area contributed by atoms with Crippen LogP contribution in [0.15, 0.2) is 12.8 Å². The molecule has 0 spiro atoms. The topological polar surface area (TPSA) is 83.8 Å². The van der Waals surface area contributed by atoms with E-state index in [4.69, 9.17) is 9.79 Å². The Balaban J connectivity index is 0. The molecule has 0 unspecified atom stereocenters. The van der Waals surface area contributed by atoms with Crippen LogP contribution in [-0.2, 0) is 14.1 Å². The van der Waals surface area contributed by atoms with Crippen molar-refractivity contribution in [2.75, 3.05) is 6.16 Å². The molecule has 14 heavy (non-hydrogen) atoms. The van der Waals surface area contributed by atoms with Gasteiger partial charge in [0.1, 0.15) is 6.16 Å². The minimum atomic E-state index is -4.27. The number of rotatable bonds is 4. The molecule has 0 saturated carbocycles. The molecule has 0 aromatic heterocycles. The second kappa shape index (κ2) is 8.94. The van der Waals surface area contributed by atoms with Gasteiger partial charge < -0.3 is 14.5 Å². The molecule has 2 N–H and O–H groups in total. The van der Waals surface area contributed by atoms with E-state index >= 15 is 0 Å². The molecule has 0 aromatic rings. The molecule has 0 fully saturated rings. The van der Waals surface area contributed by atoms with E-state index < -0.39 is 19.7 Å². The summed E-state index contributed by atoms with van der Waals surface area (Å²) in [7, 11) is -4.27. The van der Waals surface area contributed by atoms with Gasteiger partial charge in [0, 0.05) is 0 Å². The fourth-order valence-electron chi connectivity index (χ4n) is 0.298. The molecule has 0 aliphatic heterocycles. The Labute approximate surface area is 83.9 Å². The van der Waals surface area contributed by atoms with Crippen LogP contribution in [0.3, 0.4) is 0 Å². The molecule has 84 valence electrons. The maximum absolute atomic E-state index is 10.3. The van der Waals surface area contributed by atoms with Gasteiger partial charge >= 0.3 is 13.6 Å². The van der Waals surface area contributed by atoms with Crippen LogP contribution >= 0.6 is 7.60 Å². The lowest BCUT2D eigenvalue weighted by atomic mass is 10.4. The van der Waals surface area contributed by atoms with Gasteiger partial charge in [-0.15, -0.1) is 0 Å². The van der Waals surface area contributed by atoms with E-state index in [-0.39, 0.29) is 0 Å². The normalized spacial score (nSPS) is 9.71. The first kappa shape index (κ1) is 15.8. The fraction of sp³-hybridized carbons (Fsp3) is 0.625. The summed E-state index contributed by atoms with van der Waals surface area (Å²) in [4.78, 5) is 26.7. The van der Waals surface area contributed by atoms with Gasteiger partial charge in [0.15, 0.2) is 0 Å². The molecule has 5 nitrogen and oxygen atoms in total. The van der Waals surface area contributed by atoms with Crippen molar-refractivity contribution in [1.29, 1.82) is 0 Å². The third-order valence-electron chi connectivity index (χ3n) is 1.05. The van der Waals surface area contributed by atoms with Gasteiger partial charge in [0.25, 0.3) is 0 Å². The van der Waals surface area contributed by atoms with E-state index in [0.717, 1.165) is 6.26 Å². The molecule has 0 radical (unpaired) electrons. The van der Waals surface area contributed by atoms with Crippen LogP contribution in [0.2, 0.25) is 0 Å². The summed E-state index contributed by atoms with van der Waals surface area (Å²) >= 11 is 0. The molecule has 0 amide bonds. The Hall–Kier alpha value is -0.640. The van der Waals surface area contributed by atoms with Gasteiger partial charge in [-0.1, -0.05) is 33.3 Å². The quantitative estimate of drug-likeness (QED) is 0.431. The highest BCUT2D eigenvalue weighted by molar-refractivity contribution is 7.52. The Morgan fingerprint density at radius 2 is 1.86 bits per heavy atom. The number of ether oxygens (including phenoxy) is 1. The molecule has 0 rings (SSSR count). The van der Waals surface area contributed by atoms with Crippen LogP contribution < -0.4 is 0 Å². The van der Waals surface area contributed by atoms with Gasteiger partial charge in [0.05, 0.1) is 6.26 Å². The Morgan fingerprint density at radius 1 is 1.43 bits per heavy atom. The first-order chi connectivity index (χ1) is 6.37. The minimum Gasteiger partial charge on any atom is -0.435 e. The molecule has 0 aromatic carbocycles. The lowest BCUT2D eigenvalue weighted by Gasteiger charge is -1.99. The zero-order valence-corrected chi connectivity index (χ0v) is 9.37. The molecular formula is C8H17O5P. The lowest BCUT2D eigenvalue weighted by Crippen LogP contribution is -2.05. The van der Waals surface area contributed by atoms with E-state index in [1.54, 1.807) is 0 Å².